The molecule has 2 aromatic carbocycles. The molecule has 0 spiro atoms. The van der Waals surface area contributed by atoms with Gasteiger partial charge in [0.1, 0.15) is 0 Å². The Bertz CT molecular complexity index is 1190. The van der Waals surface area contributed by atoms with Crippen LogP contribution in [0.5, 0.6) is 0 Å². The van der Waals surface area contributed by atoms with Gasteiger partial charge < -0.3 is 10.6 Å². The van der Waals surface area contributed by atoms with E-state index in [1.165, 1.54) is 76.5 Å². The second-order valence-electron chi connectivity index (χ2n) is 6.62. The molecule has 0 fully saturated rings. The number of nitrogens with one attached hydrogen (secondary N) is 4. The molecule has 0 aliphatic heterocycles. The van der Waals surface area contributed by atoms with Gasteiger partial charge in [0.2, 0.25) is 31.9 Å². The van der Waals surface area contributed by atoms with Crippen molar-refractivity contribution in [2.45, 2.75) is 23.6 Å². The summed E-state index contributed by atoms with van der Waals surface area (Å²) in [7, 11) is -5.26. The van der Waals surface area contributed by atoms with E-state index in [1.54, 1.807) is 0 Å². The highest BCUT2D eigenvalue weighted by atomic mass is 32.2. The molecule has 0 radical (unpaired) electrons. The molecule has 0 saturated heterocycles. The molecule has 0 bridgehead atoms. The van der Waals surface area contributed by atoms with E-state index in [4.69, 9.17) is 0 Å². The van der Waals surface area contributed by atoms with E-state index in [0.29, 0.717) is 11.4 Å². The van der Waals surface area contributed by atoms with Gasteiger partial charge in [-0.1, -0.05) is 24.3 Å². The van der Waals surface area contributed by atoms with E-state index in [-0.39, 0.29) is 32.7 Å². The first-order valence-corrected chi connectivity index (χ1v) is 12.2. The number of carbonyl (C=O) groups excluding carboxylic acids is 2. The van der Waals surface area contributed by atoms with Crippen LogP contribution < -0.4 is 20.1 Å². The molecule has 12 heteroatoms. The molecule has 0 saturated carbocycles. The lowest BCUT2D eigenvalue weighted by Gasteiger charge is -2.12. The first-order chi connectivity index (χ1) is 14.9. The highest BCUT2D eigenvalue weighted by Crippen LogP contribution is 2.26. The van der Waals surface area contributed by atoms with Gasteiger partial charge in [0.25, 0.3) is 0 Å². The highest BCUT2D eigenvalue weighted by Gasteiger charge is 2.19. The standard InChI is InChI=1S/C20H24N4O6S2/c1-13(25)23-17-9-7-15(19(11-17)31(27,28)21-3)5-6-16-8-10-18(24-14(2)26)12-20(16)32(29,30)22-4/h5-12,21-22H,1-4H3,(H,23,25)(H,24,26)/b6-5+. The van der Waals surface area contributed by atoms with Crippen molar-refractivity contribution in [2.75, 3.05) is 24.7 Å². The molecule has 0 aliphatic carbocycles. The van der Waals surface area contributed by atoms with E-state index < -0.39 is 20.0 Å². The van der Waals surface area contributed by atoms with Crippen LogP contribution in [0.1, 0.15) is 25.0 Å². The predicted molar refractivity (Wildman–Crippen MR) is 123 cm³/mol. The quantitative estimate of drug-likeness (QED) is 0.421. The Labute approximate surface area is 187 Å². The summed E-state index contributed by atoms with van der Waals surface area (Å²) in [6.45, 7) is 2.60. The Kier molecular flexibility index (Phi) is 7.91. The highest BCUT2D eigenvalue weighted by molar-refractivity contribution is 7.89. The minimum atomic E-state index is -3.89. The van der Waals surface area contributed by atoms with Crippen molar-refractivity contribution < 1.29 is 26.4 Å². The number of rotatable bonds is 8. The van der Waals surface area contributed by atoms with Gasteiger partial charge in [-0.25, -0.2) is 26.3 Å². The van der Waals surface area contributed by atoms with Crippen LogP contribution in [0, 0.1) is 0 Å². The van der Waals surface area contributed by atoms with Gasteiger partial charge >= 0.3 is 0 Å². The summed E-state index contributed by atoms with van der Waals surface area (Å²) in [5.41, 5.74) is 1.13. The van der Waals surface area contributed by atoms with Crippen molar-refractivity contribution in [1.29, 1.82) is 0 Å². The number of amides is 2. The molecule has 0 aromatic heterocycles. The largest absolute Gasteiger partial charge is 0.326 e. The van der Waals surface area contributed by atoms with Gasteiger partial charge in [0.05, 0.1) is 9.79 Å². The molecule has 0 heterocycles. The fourth-order valence-corrected chi connectivity index (χ4v) is 4.67. The average molecular weight is 481 g/mol. The number of hydrogen-bond acceptors (Lipinski definition) is 6. The number of sulfonamides is 2. The maximum absolute atomic E-state index is 12.5. The molecular weight excluding hydrogens is 456 g/mol. The third-order valence-electron chi connectivity index (χ3n) is 4.23. The third kappa shape index (κ3) is 6.23. The minimum Gasteiger partial charge on any atom is -0.326 e. The van der Waals surface area contributed by atoms with Crippen LogP contribution in [0.3, 0.4) is 0 Å². The predicted octanol–water partition coefficient (Wildman–Crippen LogP) is 1.59. The first kappa shape index (κ1) is 25.2. The van der Waals surface area contributed by atoms with Crippen LogP contribution in [0.25, 0.3) is 12.2 Å². The zero-order valence-electron chi connectivity index (χ0n) is 17.9. The summed E-state index contributed by atoms with van der Waals surface area (Å²) in [5.74, 6) is -0.718. The molecule has 10 nitrogen and oxygen atoms in total. The van der Waals surface area contributed by atoms with E-state index in [1.807, 2.05) is 0 Å². The van der Waals surface area contributed by atoms with E-state index in [9.17, 15) is 26.4 Å². The topological polar surface area (TPSA) is 151 Å². The molecule has 0 aliphatic rings. The second-order valence-corrected chi connectivity index (χ2v) is 10.3. The SMILES string of the molecule is CNS(=O)(=O)c1cc(NC(C)=O)ccc1/C=C/c1ccc(NC(C)=O)cc1S(=O)(=O)NC. The van der Waals surface area contributed by atoms with Crippen molar-refractivity contribution >= 4 is 55.4 Å². The van der Waals surface area contributed by atoms with Gasteiger partial charge in [-0.05, 0) is 49.5 Å². The summed E-state index contributed by atoms with van der Waals surface area (Å²) in [5, 5.41) is 5.05. The zero-order chi connectivity index (χ0) is 24.1. The van der Waals surface area contributed by atoms with Crippen molar-refractivity contribution in [3.63, 3.8) is 0 Å². The van der Waals surface area contributed by atoms with Crippen molar-refractivity contribution in [3.05, 3.63) is 47.5 Å². The Balaban J connectivity index is 2.61. The van der Waals surface area contributed by atoms with Gasteiger partial charge in [-0.3, -0.25) is 9.59 Å². The molecular formula is C20H24N4O6S2. The molecule has 2 aromatic rings. The molecule has 0 atom stereocenters. The van der Waals surface area contributed by atoms with E-state index in [2.05, 4.69) is 20.1 Å². The third-order valence-corrected chi connectivity index (χ3v) is 7.17. The van der Waals surface area contributed by atoms with Gasteiger partial charge in [-0.2, -0.15) is 0 Å². The lowest BCUT2D eigenvalue weighted by Crippen LogP contribution is -2.20. The number of benzene rings is 2. The Morgan fingerprint density at radius 2 is 1.03 bits per heavy atom. The molecule has 2 rings (SSSR count). The molecule has 4 N–H and O–H groups in total. The summed E-state index contributed by atoms with van der Waals surface area (Å²) >= 11 is 0. The molecule has 0 unspecified atom stereocenters. The number of carbonyl (C=O) groups is 2. The van der Waals surface area contributed by atoms with Crippen LogP contribution in [0.2, 0.25) is 0 Å². The Morgan fingerprint density at radius 3 is 1.31 bits per heavy atom. The van der Waals surface area contributed by atoms with Gasteiger partial charge in [0.15, 0.2) is 0 Å². The summed E-state index contributed by atoms with van der Waals surface area (Å²) in [6, 6.07) is 8.64. The van der Waals surface area contributed by atoms with Crippen molar-refractivity contribution in [1.82, 2.24) is 9.44 Å². The Morgan fingerprint density at radius 1 is 0.688 bits per heavy atom. The van der Waals surface area contributed by atoms with Crippen LogP contribution in [-0.2, 0) is 29.6 Å². The second kappa shape index (κ2) is 10.0. The monoisotopic (exact) mass is 480 g/mol. The van der Waals surface area contributed by atoms with E-state index >= 15 is 0 Å². The minimum absolute atomic E-state index is 0.101. The summed E-state index contributed by atoms with van der Waals surface area (Å²) < 4.78 is 54.4. The fourth-order valence-electron chi connectivity index (χ4n) is 2.77. The average Bonchev–Trinajstić information content (AvgIpc) is 2.72. The number of hydrogen-bond donors (Lipinski definition) is 4. The normalized spacial score (nSPS) is 12.0. The van der Waals surface area contributed by atoms with Crippen LogP contribution in [0.4, 0.5) is 11.4 Å². The first-order valence-electron chi connectivity index (χ1n) is 9.28. The molecule has 2 amide bonds. The van der Waals surface area contributed by atoms with E-state index in [0.717, 1.165) is 0 Å². The lowest BCUT2D eigenvalue weighted by atomic mass is 10.1. The summed E-state index contributed by atoms with van der Waals surface area (Å²) in [4.78, 5) is 22.4. The van der Waals surface area contributed by atoms with Crippen molar-refractivity contribution in [3.8, 4) is 0 Å². The van der Waals surface area contributed by atoms with Gasteiger partial charge in [0, 0.05) is 25.2 Å². The van der Waals surface area contributed by atoms with Gasteiger partial charge in [-0.15, -0.1) is 0 Å². The molecule has 32 heavy (non-hydrogen) atoms. The number of anilines is 2. The Hall–Kier alpha value is -3.06. The maximum atomic E-state index is 12.5. The fraction of sp³-hybridized carbons (Fsp3) is 0.200. The van der Waals surface area contributed by atoms with Crippen LogP contribution in [0.15, 0.2) is 46.2 Å². The lowest BCUT2D eigenvalue weighted by molar-refractivity contribution is -0.115. The zero-order valence-corrected chi connectivity index (χ0v) is 19.5. The smallest absolute Gasteiger partial charge is 0.240 e. The van der Waals surface area contributed by atoms with Crippen LogP contribution >= 0.6 is 0 Å². The maximum Gasteiger partial charge on any atom is 0.240 e. The summed E-state index contributed by atoms with van der Waals surface area (Å²) in [6.07, 6.45) is 2.90. The van der Waals surface area contributed by atoms with Crippen molar-refractivity contribution in [2.24, 2.45) is 0 Å². The van der Waals surface area contributed by atoms with Crippen LogP contribution in [-0.4, -0.2) is 42.7 Å². The molecule has 172 valence electrons.